The van der Waals surface area contributed by atoms with E-state index in [1.54, 1.807) is 25.1 Å². The SMILES string of the molecule is CSc1ccc(NC(=O)c2ccc(C)[nH]c2=O)cc1Cl. The zero-order valence-corrected chi connectivity index (χ0v) is 12.6. The average Bonchev–Trinajstić information content (AvgIpc) is 2.38. The maximum absolute atomic E-state index is 12.0. The second-order valence-electron chi connectivity index (χ2n) is 4.19. The second kappa shape index (κ2) is 6.15. The number of pyridine rings is 1. The fourth-order valence-corrected chi connectivity index (χ4v) is 2.56. The Bertz CT molecular complexity index is 713. The van der Waals surface area contributed by atoms with Crippen molar-refractivity contribution in [3.05, 3.63) is 57.0 Å². The minimum absolute atomic E-state index is 0.0701. The first-order valence-electron chi connectivity index (χ1n) is 5.86. The Morgan fingerprint density at radius 2 is 2.05 bits per heavy atom. The quantitative estimate of drug-likeness (QED) is 0.855. The number of carbonyl (C=O) groups excluding carboxylic acids is 1. The number of carbonyl (C=O) groups is 1. The second-order valence-corrected chi connectivity index (χ2v) is 5.44. The third-order valence-corrected chi connectivity index (χ3v) is 3.93. The molecule has 0 saturated carbocycles. The van der Waals surface area contributed by atoms with Crippen LogP contribution >= 0.6 is 23.4 Å². The molecule has 0 aliphatic carbocycles. The van der Waals surface area contributed by atoms with Crippen molar-refractivity contribution in [2.45, 2.75) is 11.8 Å². The van der Waals surface area contributed by atoms with Crippen LogP contribution in [0.25, 0.3) is 0 Å². The molecule has 0 unspecified atom stereocenters. The van der Waals surface area contributed by atoms with E-state index in [-0.39, 0.29) is 5.56 Å². The van der Waals surface area contributed by atoms with Gasteiger partial charge in [0.2, 0.25) is 0 Å². The van der Waals surface area contributed by atoms with E-state index in [4.69, 9.17) is 11.6 Å². The van der Waals surface area contributed by atoms with Crippen molar-refractivity contribution in [1.82, 2.24) is 4.98 Å². The maximum atomic E-state index is 12.0. The Kier molecular flexibility index (Phi) is 4.52. The number of rotatable bonds is 3. The summed E-state index contributed by atoms with van der Waals surface area (Å²) in [6.45, 7) is 1.75. The summed E-state index contributed by atoms with van der Waals surface area (Å²) < 4.78 is 0. The van der Waals surface area contributed by atoms with Gasteiger partial charge in [-0.1, -0.05) is 11.6 Å². The Morgan fingerprint density at radius 1 is 1.30 bits per heavy atom. The van der Waals surface area contributed by atoms with Gasteiger partial charge in [-0.25, -0.2) is 0 Å². The van der Waals surface area contributed by atoms with Crippen LogP contribution in [0, 0.1) is 6.92 Å². The molecule has 0 saturated heterocycles. The van der Waals surface area contributed by atoms with Gasteiger partial charge in [-0.05, 0) is 43.5 Å². The summed E-state index contributed by atoms with van der Waals surface area (Å²) in [5, 5.41) is 3.22. The van der Waals surface area contributed by atoms with Gasteiger partial charge in [0, 0.05) is 16.3 Å². The van der Waals surface area contributed by atoms with E-state index in [0.29, 0.717) is 16.4 Å². The molecule has 1 heterocycles. The Hall–Kier alpha value is -1.72. The fraction of sp³-hybridized carbons (Fsp3) is 0.143. The van der Waals surface area contributed by atoms with E-state index in [1.165, 1.54) is 17.8 Å². The van der Waals surface area contributed by atoms with Crippen LogP contribution in [0.2, 0.25) is 5.02 Å². The van der Waals surface area contributed by atoms with Gasteiger partial charge in [-0.15, -0.1) is 11.8 Å². The summed E-state index contributed by atoms with van der Waals surface area (Å²) in [6, 6.07) is 8.41. The zero-order valence-electron chi connectivity index (χ0n) is 11.0. The summed E-state index contributed by atoms with van der Waals surface area (Å²) in [5.74, 6) is -0.459. The molecule has 1 aromatic carbocycles. The lowest BCUT2D eigenvalue weighted by Gasteiger charge is -2.07. The number of amides is 1. The van der Waals surface area contributed by atoms with Crippen LogP contribution < -0.4 is 10.9 Å². The summed E-state index contributed by atoms with van der Waals surface area (Å²) in [5.41, 5.74) is 0.923. The molecule has 0 fully saturated rings. The molecule has 1 aromatic heterocycles. The van der Waals surface area contributed by atoms with Crippen LogP contribution in [-0.2, 0) is 0 Å². The highest BCUT2D eigenvalue weighted by Gasteiger charge is 2.11. The smallest absolute Gasteiger partial charge is 0.261 e. The average molecular weight is 309 g/mol. The van der Waals surface area contributed by atoms with Crippen LogP contribution in [0.15, 0.2) is 40.0 Å². The molecule has 0 radical (unpaired) electrons. The molecular formula is C14H13ClN2O2S. The number of thioether (sulfide) groups is 1. The maximum Gasteiger partial charge on any atom is 0.261 e. The molecular weight excluding hydrogens is 296 g/mol. The molecule has 0 aliphatic heterocycles. The number of aromatic amines is 1. The highest BCUT2D eigenvalue weighted by Crippen LogP contribution is 2.28. The van der Waals surface area contributed by atoms with E-state index in [0.717, 1.165) is 4.90 Å². The molecule has 2 aromatic rings. The molecule has 6 heteroatoms. The van der Waals surface area contributed by atoms with Gasteiger partial charge >= 0.3 is 0 Å². The van der Waals surface area contributed by atoms with Crippen LogP contribution in [-0.4, -0.2) is 17.1 Å². The van der Waals surface area contributed by atoms with Crippen molar-refractivity contribution in [1.29, 1.82) is 0 Å². The highest BCUT2D eigenvalue weighted by atomic mass is 35.5. The number of nitrogens with one attached hydrogen (secondary N) is 2. The molecule has 0 aliphatic rings. The van der Waals surface area contributed by atoms with E-state index in [9.17, 15) is 9.59 Å². The molecule has 20 heavy (non-hydrogen) atoms. The van der Waals surface area contributed by atoms with E-state index < -0.39 is 11.5 Å². The molecule has 2 rings (SSSR count). The standard InChI is InChI=1S/C14H13ClN2O2S/c1-8-3-5-10(13(18)16-8)14(19)17-9-4-6-12(20-2)11(15)7-9/h3-7H,1-2H3,(H,16,18)(H,17,19). The number of halogens is 1. The highest BCUT2D eigenvalue weighted by molar-refractivity contribution is 7.98. The van der Waals surface area contributed by atoms with Crippen molar-refractivity contribution in [3.8, 4) is 0 Å². The molecule has 0 spiro atoms. The summed E-state index contributed by atoms with van der Waals surface area (Å²) in [6.07, 6.45) is 1.92. The minimum Gasteiger partial charge on any atom is -0.326 e. The van der Waals surface area contributed by atoms with Crippen molar-refractivity contribution >= 4 is 35.0 Å². The van der Waals surface area contributed by atoms with Gasteiger partial charge in [0.25, 0.3) is 11.5 Å². The lowest BCUT2D eigenvalue weighted by molar-refractivity contribution is 0.102. The van der Waals surface area contributed by atoms with Gasteiger partial charge in [0.05, 0.1) is 5.02 Å². The van der Waals surface area contributed by atoms with Crippen molar-refractivity contribution in [2.75, 3.05) is 11.6 Å². The molecule has 2 N–H and O–H groups in total. The summed E-state index contributed by atoms with van der Waals surface area (Å²) in [4.78, 5) is 27.2. The molecule has 104 valence electrons. The predicted octanol–water partition coefficient (Wildman–Crippen LogP) is 3.31. The fourth-order valence-electron chi connectivity index (χ4n) is 1.69. The predicted molar refractivity (Wildman–Crippen MR) is 83.0 cm³/mol. The molecule has 0 bridgehead atoms. The summed E-state index contributed by atoms with van der Waals surface area (Å²) in [7, 11) is 0. The largest absolute Gasteiger partial charge is 0.326 e. The van der Waals surface area contributed by atoms with Gasteiger partial charge in [-0.3, -0.25) is 9.59 Å². The zero-order chi connectivity index (χ0) is 14.7. The number of benzene rings is 1. The Morgan fingerprint density at radius 3 is 2.65 bits per heavy atom. The van der Waals surface area contributed by atoms with E-state index in [2.05, 4.69) is 10.3 Å². The van der Waals surface area contributed by atoms with Gasteiger partial charge in [0.15, 0.2) is 0 Å². The van der Waals surface area contributed by atoms with E-state index >= 15 is 0 Å². The number of H-pyrrole nitrogens is 1. The topological polar surface area (TPSA) is 62.0 Å². The lowest BCUT2D eigenvalue weighted by Crippen LogP contribution is -2.23. The van der Waals surface area contributed by atoms with Crippen molar-refractivity contribution < 1.29 is 4.79 Å². The minimum atomic E-state index is -0.459. The van der Waals surface area contributed by atoms with Crippen LogP contribution in [0.1, 0.15) is 16.1 Å². The summed E-state index contributed by atoms with van der Waals surface area (Å²) >= 11 is 7.59. The van der Waals surface area contributed by atoms with E-state index in [1.807, 2.05) is 12.3 Å². The van der Waals surface area contributed by atoms with Crippen molar-refractivity contribution in [3.63, 3.8) is 0 Å². The number of hydrogen-bond donors (Lipinski definition) is 2. The number of hydrogen-bond acceptors (Lipinski definition) is 3. The first kappa shape index (κ1) is 14.7. The lowest BCUT2D eigenvalue weighted by atomic mass is 10.2. The molecule has 0 atom stereocenters. The number of aromatic nitrogens is 1. The van der Waals surface area contributed by atoms with Gasteiger partial charge < -0.3 is 10.3 Å². The molecule has 4 nitrogen and oxygen atoms in total. The Balaban J connectivity index is 2.23. The van der Waals surface area contributed by atoms with Crippen molar-refractivity contribution in [2.24, 2.45) is 0 Å². The van der Waals surface area contributed by atoms with Crippen LogP contribution in [0.3, 0.4) is 0 Å². The van der Waals surface area contributed by atoms with Gasteiger partial charge in [0.1, 0.15) is 5.56 Å². The first-order chi connectivity index (χ1) is 9.51. The molecule has 1 amide bonds. The third-order valence-electron chi connectivity index (χ3n) is 2.71. The Labute approximate surface area is 125 Å². The van der Waals surface area contributed by atoms with Crippen LogP contribution in [0.5, 0.6) is 0 Å². The number of anilines is 1. The van der Waals surface area contributed by atoms with Crippen LogP contribution in [0.4, 0.5) is 5.69 Å². The third kappa shape index (κ3) is 3.23. The monoisotopic (exact) mass is 308 g/mol. The van der Waals surface area contributed by atoms with Gasteiger partial charge in [-0.2, -0.15) is 0 Å². The first-order valence-corrected chi connectivity index (χ1v) is 7.46. The normalized spacial score (nSPS) is 10.3. The number of aryl methyl sites for hydroxylation is 1.